The third-order valence-corrected chi connectivity index (χ3v) is 12.6. The molecular weight excluding hydrogens is 801 g/mol. The number of pyridine rings is 1. The lowest BCUT2D eigenvalue weighted by atomic mass is 10.1. The van der Waals surface area contributed by atoms with Crippen molar-refractivity contribution in [3.8, 4) is 22.8 Å². The Morgan fingerprint density at radius 3 is 2.39 bits per heavy atom. The number of amides is 4. The number of sulfonamides is 1. The number of aromatic nitrogens is 1. The van der Waals surface area contributed by atoms with E-state index in [1.807, 2.05) is 36.4 Å². The molecule has 0 spiro atoms. The Morgan fingerprint density at radius 2 is 1.79 bits per heavy atom. The zero-order valence-electron chi connectivity index (χ0n) is 35.0. The Bertz CT molecular complexity index is 2340. The number of carbonyl (C=O) groups excluding carboxylic acids is 4. The summed E-state index contributed by atoms with van der Waals surface area (Å²) < 4.78 is 45.6. The van der Waals surface area contributed by atoms with Gasteiger partial charge in [0, 0.05) is 54.2 Å². The molecule has 16 heteroatoms. The SMILES string of the molecule is C=CCN(C[C@H](NC(=O)OC(C)(C)C)C(=O)N1C[C@H](Oc2cc(-c3ccccc3)nc3cc(OC)ccc23)C[C@H]1C(=O)N[C@]1(C(=O)NS(=O)(=O)C2CC2)C[C@H]1C=C)C(=C)C=C. The van der Waals surface area contributed by atoms with E-state index in [4.69, 9.17) is 19.2 Å². The first-order chi connectivity index (χ1) is 28.9. The van der Waals surface area contributed by atoms with E-state index in [-0.39, 0.29) is 32.5 Å². The van der Waals surface area contributed by atoms with Crippen molar-refractivity contribution in [3.05, 3.63) is 105 Å². The van der Waals surface area contributed by atoms with Crippen LogP contribution in [0.2, 0.25) is 0 Å². The molecule has 1 aromatic heterocycles. The van der Waals surface area contributed by atoms with Gasteiger partial charge in [0.1, 0.15) is 40.8 Å². The number of alkyl carbamates (subject to hydrolysis) is 1. The van der Waals surface area contributed by atoms with Gasteiger partial charge in [-0.25, -0.2) is 18.2 Å². The van der Waals surface area contributed by atoms with Crippen LogP contribution in [0.5, 0.6) is 11.5 Å². The van der Waals surface area contributed by atoms with Crippen LogP contribution >= 0.6 is 0 Å². The van der Waals surface area contributed by atoms with Crippen LogP contribution in [0.25, 0.3) is 22.2 Å². The standard InChI is InChI=1S/C45H54N6O9S/c1-9-21-50(28(4)10-2)27-37(47-43(55)60-44(5,6)7)41(53)51-26-32(23-38(51)40(52)48-45(25-30(45)11-3)42(54)49-61(56,57)33-18-19-33)59-39-24-35(29-15-13-12-14-16-29)46-36-22-31(58-8)17-20-34(36)39/h9-17,20,22,24,30,32-33,37-38H,1-4,18-19,21,23,25-27H2,5-8H3,(H,47,55)(H,48,52)(H,49,54)/t30-,32-,37+,38+,45-/m1/s1. The van der Waals surface area contributed by atoms with Gasteiger partial charge >= 0.3 is 6.09 Å². The van der Waals surface area contributed by atoms with Crippen LogP contribution in [0.1, 0.15) is 46.5 Å². The first-order valence-corrected chi connectivity index (χ1v) is 21.6. The number of likely N-dealkylation sites (tertiary alicyclic amines) is 1. The molecular formula is C45H54N6O9S. The molecule has 2 heterocycles. The molecule has 3 aliphatic rings. The van der Waals surface area contributed by atoms with Gasteiger partial charge in [0.2, 0.25) is 21.8 Å². The molecule has 2 saturated carbocycles. The van der Waals surface area contributed by atoms with Crippen molar-refractivity contribution in [1.82, 2.24) is 30.1 Å². The molecule has 61 heavy (non-hydrogen) atoms. The molecule has 2 aromatic carbocycles. The van der Waals surface area contributed by atoms with Crippen LogP contribution in [-0.2, 0) is 29.1 Å². The van der Waals surface area contributed by atoms with Crippen molar-refractivity contribution in [1.29, 1.82) is 0 Å². The second kappa shape index (κ2) is 17.8. The maximum absolute atomic E-state index is 15.0. The Hall–Kier alpha value is -6.16. The third kappa shape index (κ3) is 10.2. The summed E-state index contributed by atoms with van der Waals surface area (Å²) in [6.45, 7) is 20.5. The summed E-state index contributed by atoms with van der Waals surface area (Å²) in [5.74, 6) is -1.79. The minimum absolute atomic E-state index is 0.0378. The Balaban J connectivity index is 1.37. The molecule has 0 radical (unpaired) electrons. The lowest BCUT2D eigenvalue weighted by Gasteiger charge is -2.33. The van der Waals surface area contributed by atoms with Gasteiger partial charge in [0.05, 0.1) is 30.1 Å². The minimum Gasteiger partial charge on any atom is -0.497 e. The van der Waals surface area contributed by atoms with E-state index in [1.54, 1.807) is 57.1 Å². The maximum Gasteiger partial charge on any atom is 0.408 e. The van der Waals surface area contributed by atoms with Gasteiger partial charge < -0.3 is 34.6 Å². The van der Waals surface area contributed by atoms with Crippen LogP contribution in [0.4, 0.5) is 4.79 Å². The molecule has 324 valence electrons. The fraction of sp³-hybridized carbons (Fsp3) is 0.400. The summed E-state index contributed by atoms with van der Waals surface area (Å²) in [6.07, 6.45) is 3.88. The normalized spacial score (nSPS) is 21.3. The van der Waals surface area contributed by atoms with E-state index in [9.17, 15) is 27.6 Å². The fourth-order valence-electron chi connectivity index (χ4n) is 7.38. The molecule has 2 aliphatic carbocycles. The highest BCUT2D eigenvalue weighted by atomic mass is 32.2. The van der Waals surface area contributed by atoms with Gasteiger partial charge in [-0.1, -0.05) is 55.6 Å². The van der Waals surface area contributed by atoms with Gasteiger partial charge in [0.15, 0.2) is 0 Å². The number of hydrogen-bond acceptors (Lipinski definition) is 11. The maximum atomic E-state index is 15.0. The molecule has 15 nitrogen and oxygen atoms in total. The molecule has 3 aromatic rings. The summed E-state index contributed by atoms with van der Waals surface area (Å²) in [7, 11) is -2.39. The van der Waals surface area contributed by atoms with Crippen molar-refractivity contribution in [2.45, 2.75) is 81.0 Å². The smallest absolute Gasteiger partial charge is 0.408 e. The van der Waals surface area contributed by atoms with E-state index in [2.05, 4.69) is 41.7 Å². The Morgan fingerprint density at radius 1 is 1.07 bits per heavy atom. The molecule has 1 aliphatic heterocycles. The lowest BCUT2D eigenvalue weighted by Crippen LogP contribution is -2.59. The molecule has 5 atom stereocenters. The summed E-state index contributed by atoms with van der Waals surface area (Å²) >= 11 is 0. The highest BCUT2D eigenvalue weighted by Gasteiger charge is 2.62. The first-order valence-electron chi connectivity index (χ1n) is 20.1. The molecule has 0 unspecified atom stereocenters. The number of nitrogens with zero attached hydrogens (tertiary/aromatic N) is 3. The van der Waals surface area contributed by atoms with Crippen molar-refractivity contribution in [2.24, 2.45) is 5.92 Å². The minimum atomic E-state index is -3.95. The van der Waals surface area contributed by atoms with Gasteiger partial charge in [0.25, 0.3) is 5.91 Å². The van der Waals surface area contributed by atoms with Gasteiger partial charge in [-0.15, -0.1) is 13.2 Å². The number of carbonyl (C=O) groups is 4. The number of rotatable bonds is 18. The zero-order chi connectivity index (χ0) is 44.3. The summed E-state index contributed by atoms with van der Waals surface area (Å²) in [5.41, 5.74) is -0.0404. The number of hydrogen-bond donors (Lipinski definition) is 3. The molecule has 3 N–H and O–H groups in total. The summed E-state index contributed by atoms with van der Waals surface area (Å²) in [4.78, 5) is 64.4. The monoisotopic (exact) mass is 854 g/mol. The largest absolute Gasteiger partial charge is 0.497 e. The van der Waals surface area contributed by atoms with Crippen molar-refractivity contribution in [2.75, 3.05) is 26.7 Å². The summed E-state index contributed by atoms with van der Waals surface area (Å²) in [6, 6.07) is 14.2. The Kier molecular flexibility index (Phi) is 13.0. The topological polar surface area (TPSA) is 186 Å². The van der Waals surface area contributed by atoms with Crippen molar-refractivity contribution in [3.63, 3.8) is 0 Å². The fourth-order valence-corrected chi connectivity index (χ4v) is 8.74. The number of allylic oxidation sites excluding steroid dienone is 1. The highest BCUT2D eigenvalue weighted by molar-refractivity contribution is 7.91. The number of ether oxygens (including phenoxy) is 3. The van der Waals surface area contributed by atoms with Gasteiger partial charge in [-0.3, -0.25) is 19.1 Å². The number of methoxy groups -OCH3 is 1. The van der Waals surface area contributed by atoms with Crippen molar-refractivity contribution < 1.29 is 41.8 Å². The van der Waals surface area contributed by atoms with Crippen LogP contribution in [0, 0.1) is 5.92 Å². The molecule has 0 bridgehead atoms. The predicted octanol–water partition coefficient (Wildman–Crippen LogP) is 5.01. The van der Waals surface area contributed by atoms with Crippen molar-refractivity contribution >= 4 is 44.7 Å². The average Bonchev–Trinajstić information content (AvgIpc) is 4.15. The second-order valence-corrected chi connectivity index (χ2v) is 18.5. The highest BCUT2D eigenvalue weighted by Crippen LogP contribution is 2.45. The predicted molar refractivity (Wildman–Crippen MR) is 232 cm³/mol. The summed E-state index contributed by atoms with van der Waals surface area (Å²) in [5, 5.41) is 5.49. The van der Waals surface area contributed by atoms with Gasteiger partial charge in [-0.2, -0.15) is 0 Å². The zero-order valence-corrected chi connectivity index (χ0v) is 35.8. The second-order valence-electron chi connectivity index (χ2n) is 16.5. The van der Waals surface area contributed by atoms with Crippen LogP contribution in [0.15, 0.2) is 105 Å². The third-order valence-electron chi connectivity index (χ3n) is 10.8. The lowest BCUT2D eigenvalue weighted by molar-refractivity contribution is -0.141. The number of nitrogens with one attached hydrogen (secondary N) is 3. The van der Waals surface area contributed by atoms with Gasteiger partial charge in [-0.05, 0) is 58.2 Å². The molecule has 6 rings (SSSR count). The van der Waals surface area contributed by atoms with E-state index in [0.29, 0.717) is 46.6 Å². The molecule has 3 fully saturated rings. The van der Waals surface area contributed by atoms with E-state index in [0.717, 1.165) is 5.56 Å². The van der Waals surface area contributed by atoms with Crippen LogP contribution in [0.3, 0.4) is 0 Å². The van der Waals surface area contributed by atoms with Crippen LogP contribution in [-0.4, -0.2) is 108 Å². The quantitative estimate of drug-likeness (QED) is 0.115. The first kappa shape index (κ1) is 44.4. The van der Waals surface area contributed by atoms with Crippen LogP contribution < -0.4 is 24.8 Å². The average molecular weight is 855 g/mol. The Labute approximate surface area is 356 Å². The van der Waals surface area contributed by atoms with E-state index < -0.39 is 74.3 Å². The molecule has 4 amide bonds. The number of benzene rings is 2. The van der Waals surface area contributed by atoms with E-state index >= 15 is 0 Å². The molecule has 1 saturated heterocycles. The van der Waals surface area contributed by atoms with E-state index in [1.165, 1.54) is 17.1 Å². The number of fused-ring (bicyclic) bond motifs is 1.